The predicted molar refractivity (Wildman–Crippen MR) is 68.2 cm³/mol. The van der Waals surface area contributed by atoms with E-state index in [9.17, 15) is 4.79 Å². The highest BCUT2D eigenvalue weighted by atomic mass is 32.1. The highest BCUT2D eigenvalue weighted by Crippen LogP contribution is 2.26. The largest absolute Gasteiger partial charge is 0.296 e. The number of hydrogen-bond donors (Lipinski definition) is 0. The number of nitrogens with zero attached hydrogens (tertiary/aromatic N) is 3. The predicted octanol–water partition coefficient (Wildman–Crippen LogP) is 3.01. The number of carbonyl (C=O) groups excluding carboxylic acids is 1. The molecule has 0 saturated heterocycles. The molecule has 0 N–H and O–H groups in total. The molecule has 0 aliphatic heterocycles. The molecule has 0 atom stereocenters. The van der Waals surface area contributed by atoms with Crippen LogP contribution in [0.1, 0.15) is 36.7 Å². The van der Waals surface area contributed by atoms with E-state index in [2.05, 4.69) is 17.2 Å². The molecule has 2 aromatic heterocycles. The minimum atomic E-state index is 0.434. The SMILES string of the molecule is CCCCCn1nnc(C=O)c1-c1cccs1. The van der Waals surface area contributed by atoms with Crippen molar-refractivity contribution in [2.24, 2.45) is 0 Å². The third kappa shape index (κ3) is 2.61. The van der Waals surface area contributed by atoms with Crippen molar-refractivity contribution in [2.75, 3.05) is 0 Å². The lowest BCUT2D eigenvalue weighted by molar-refractivity contribution is 0.111. The Morgan fingerprint density at radius 1 is 1.47 bits per heavy atom. The van der Waals surface area contributed by atoms with Crippen LogP contribution >= 0.6 is 11.3 Å². The van der Waals surface area contributed by atoms with Crippen LogP contribution in [0.15, 0.2) is 17.5 Å². The van der Waals surface area contributed by atoms with Crippen LogP contribution in [0.5, 0.6) is 0 Å². The van der Waals surface area contributed by atoms with Crippen LogP contribution < -0.4 is 0 Å². The van der Waals surface area contributed by atoms with E-state index >= 15 is 0 Å². The first kappa shape index (κ1) is 12.0. The van der Waals surface area contributed by atoms with Gasteiger partial charge in [0, 0.05) is 6.54 Å². The molecule has 0 unspecified atom stereocenters. The molecule has 0 spiro atoms. The van der Waals surface area contributed by atoms with Crippen LogP contribution in [0.25, 0.3) is 10.6 Å². The van der Waals surface area contributed by atoms with Crippen molar-refractivity contribution in [3.8, 4) is 10.6 Å². The first-order valence-electron chi connectivity index (χ1n) is 5.79. The van der Waals surface area contributed by atoms with Gasteiger partial charge in [-0.1, -0.05) is 31.0 Å². The molecule has 0 aromatic carbocycles. The summed E-state index contributed by atoms with van der Waals surface area (Å²) >= 11 is 1.60. The standard InChI is InChI=1S/C12H15N3OS/c1-2-3-4-7-15-12(10(9-16)13-14-15)11-6-5-8-17-11/h5-6,8-9H,2-4,7H2,1H3. The van der Waals surface area contributed by atoms with Crippen LogP contribution in [0.2, 0.25) is 0 Å². The lowest BCUT2D eigenvalue weighted by atomic mass is 10.2. The molecule has 0 bridgehead atoms. The molecule has 0 fully saturated rings. The summed E-state index contributed by atoms with van der Waals surface area (Å²) in [6.45, 7) is 2.99. The Morgan fingerprint density at radius 2 is 2.35 bits per heavy atom. The van der Waals surface area contributed by atoms with Gasteiger partial charge >= 0.3 is 0 Å². The van der Waals surface area contributed by atoms with Crippen molar-refractivity contribution in [2.45, 2.75) is 32.7 Å². The summed E-state index contributed by atoms with van der Waals surface area (Å²) in [7, 11) is 0. The molecule has 90 valence electrons. The fourth-order valence-corrected chi connectivity index (χ4v) is 2.52. The number of aldehydes is 1. The molecular formula is C12H15N3OS. The molecule has 5 heteroatoms. The average molecular weight is 249 g/mol. The monoisotopic (exact) mass is 249 g/mol. The molecule has 4 nitrogen and oxygen atoms in total. The summed E-state index contributed by atoms with van der Waals surface area (Å²) < 4.78 is 1.84. The third-order valence-electron chi connectivity index (χ3n) is 2.60. The lowest BCUT2D eigenvalue weighted by Crippen LogP contribution is -2.02. The molecule has 17 heavy (non-hydrogen) atoms. The van der Waals surface area contributed by atoms with Gasteiger partial charge in [0.05, 0.1) is 4.88 Å². The molecule has 2 rings (SSSR count). The normalized spacial score (nSPS) is 10.6. The van der Waals surface area contributed by atoms with Gasteiger partial charge in [-0.05, 0) is 17.9 Å². The smallest absolute Gasteiger partial charge is 0.172 e. The van der Waals surface area contributed by atoms with Crippen LogP contribution in [0.3, 0.4) is 0 Å². The zero-order valence-corrected chi connectivity index (χ0v) is 10.6. The summed E-state index contributed by atoms with van der Waals surface area (Å²) in [5.74, 6) is 0. The molecule has 0 amide bonds. The number of aromatic nitrogens is 3. The quantitative estimate of drug-likeness (QED) is 0.584. The van der Waals surface area contributed by atoms with Crippen molar-refractivity contribution >= 4 is 17.6 Å². The van der Waals surface area contributed by atoms with Gasteiger partial charge in [0.15, 0.2) is 12.0 Å². The Morgan fingerprint density at radius 3 is 3.00 bits per heavy atom. The fourth-order valence-electron chi connectivity index (χ4n) is 1.74. The third-order valence-corrected chi connectivity index (χ3v) is 3.48. The maximum atomic E-state index is 11.0. The second kappa shape index (κ2) is 5.72. The number of hydrogen-bond acceptors (Lipinski definition) is 4. The van der Waals surface area contributed by atoms with Gasteiger partial charge in [0.25, 0.3) is 0 Å². The molecule has 0 aliphatic carbocycles. The van der Waals surface area contributed by atoms with Crippen molar-refractivity contribution in [3.63, 3.8) is 0 Å². The fraction of sp³-hybridized carbons (Fsp3) is 0.417. The first-order valence-corrected chi connectivity index (χ1v) is 6.67. The van der Waals surface area contributed by atoms with E-state index in [1.165, 1.54) is 12.8 Å². The van der Waals surface area contributed by atoms with Gasteiger partial charge in [-0.25, -0.2) is 4.68 Å². The van der Waals surface area contributed by atoms with E-state index in [1.54, 1.807) is 11.3 Å². The number of rotatable bonds is 6. The summed E-state index contributed by atoms with van der Waals surface area (Å²) in [5.41, 5.74) is 1.29. The first-order chi connectivity index (χ1) is 8.36. The highest BCUT2D eigenvalue weighted by molar-refractivity contribution is 7.13. The number of carbonyl (C=O) groups is 1. The highest BCUT2D eigenvalue weighted by Gasteiger charge is 2.14. The molecule has 0 radical (unpaired) electrons. The average Bonchev–Trinajstić information content (AvgIpc) is 2.96. The van der Waals surface area contributed by atoms with E-state index < -0.39 is 0 Å². The molecule has 0 saturated carbocycles. The summed E-state index contributed by atoms with van der Waals surface area (Å²) in [5, 5.41) is 9.97. The van der Waals surface area contributed by atoms with E-state index in [0.29, 0.717) is 5.69 Å². The molecular weight excluding hydrogens is 234 g/mol. The minimum Gasteiger partial charge on any atom is -0.296 e. The number of unbranched alkanes of at least 4 members (excludes halogenated alkanes) is 2. The Hall–Kier alpha value is -1.49. The lowest BCUT2D eigenvalue weighted by Gasteiger charge is -2.04. The Balaban J connectivity index is 2.27. The van der Waals surface area contributed by atoms with Gasteiger partial charge in [0.1, 0.15) is 5.69 Å². The molecule has 0 aliphatic rings. The Kier molecular flexibility index (Phi) is 4.03. The van der Waals surface area contributed by atoms with Gasteiger partial charge < -0.3 is 0 Å². The maximum absolute atomic E-state index is 11.0. The van der Waals surface area contributed by atoms with Gasteiger partial charge in [-0.2, -0.15) is 0 Å². The Labute approximate surface area is 104 Å². The van der Waals surface area contributed by atoms with Crippen molar-refractivity contribution in [3.05, 3.63) is 23.2 Å². The van der Waals surface area contributed by atoms with Crippen molar-refractivity contribution < 1.29 is 4.79 Å². The van der Waals surface area contributed by atoms with E-state index in [1.807, 2.05) is 22.2 Å². The maximum Gasteiger partial charge on any atom is 0.172 e. The van der Waals surface area contributed by atoms with Crippen LogP contribution in [-0.2, 0) is 6.54 Å². The van der Waals surface area contributed by atoms with Crippen LogP contribution in [0, 0.1) is 0 Å². The Bertz CT molecular complexity index is 476. The van der Waals surface area contributed by atoms with Crippen LogP contribution in [-0.4, -0.2) is 21.3 Å². The zero-order valence-electron chi connectivity index (χ0n) is 9.80. The molecule has 2 heterocycles. The van der Waals surface area contributed by atoms with Gasteiger partial charge in [0.2, 0.25) is 0 Å². The van der Waals surface area contributed by atoms with Crippen molar-refractivity contribution in [1.29, 1.82) is 0 Å². The minimum absolute atomic E-state index is 0.434. The van der Waals surface area contributed by atoms with Crippen molar-refractivity contribution in [1.82, 2.24) is 15.0 Å². The summed E-state index contributed by atoms with van der Waals surface area (Å²) in [6, 6.07) is 3.96. The number of thiophene rings is 1. The second-order valence-corrected chi connectivity index (χ2v) is 4.80. The van der Waals surface area contributed by atoms with Crippen LogP contribution in [0.4, 0.5) is 0 Å². The van der Waals surface area contributed by atoms with Gasteiger partial charge in [-0.15, -0.1) is 16.4 Å². The molecule has 2 aromatic rings. The van der Waals surface area contributed by atoms with E-state index in [4.69, 9.17) is 0 Å². The second-order valence-electron chi connectivity index (χ2n) is 3.85. The zero-order chi connectivity index (χ0) is 12.1. The van der Waals surface area contributed by atoms with E-state index in [0.717, 1.165) is 29.8 Å². The van der Waals surface area contributed by atoms with Gasteiger partial charge in [-0.3, -0.25) is 4.79 Å². The van der Waals surface area contributed by atoms with E-state index in [-0.39, 0.29) is 0 Å². The number of aryl methyl sites for hydroxylation is 1. The topological polar surface area (TPSA) is 47.8 Å². The summed E-state index contributed by atoms with van der Waals surface area (Å²) in [4.78, 5) is 12.0. The summed E-state index contributed by atoms with van der Waals surface area (Å²) in [6.07, 6.45) is 4.18.